The van der Waals surface area contributed by atoms with Gasteiger partial charge in [-0.2, -0.15) is 0 Å². The summed E-state index contributed by atoms with van der Waals surface area (Å²) in [7, 11) is 0. The van der Waals surface area contributed by atoms with E-state index in [1.54, 1.807) is 0 Å². The molecular formula is C27H41NO7. The molecule has 0 unspecified atom stereocenters. The molecule has 196 valence electrons. The monoisotopic (exact) mass is 491 g/mol. The maximum absolute atomic E-state index is 12.3. The summed E-state index contributed by atoms with van der Waals surface area (Å²) in [6.45, 7) is 13.4. The molecule has 0 spiro atoms. The molecule has 0 saturated heterocycles. The number of esters is 3. The lowest BCUT2D eigenvalue weighted by Gasteiger charge is -2.69. The van der Waals surface area contributed by atoms with Crippen LogP contribution >= 0.6 is 0 Å². The predicted molar refractivity (Wildman–Crippen MR) is 128 cm³/mol. The van der Waals surface area contributed by atoms with E-state index in [-0.39, 0.29) is 58.1 Å². The summed E-state index contributed by atoms with van der Waals surface area (Å²) in [5.41, 5.74) is -0.161. The third kappa shape index (κ3) is 3.86. The average Bonchev–Trinajstić information content (AvgIpc) is 3.00. The van der Waals surface area contributed by atoms with Crippen molar-refractivity contribution in [2.45, 2.75) is 105 Å². The molecule has 4 saturated carbocycles. The molecule has 0 radical (unpaired) electrons. The van der Waals surface area contributed by atoms with Crippen LogP contribution in [0.2, 0.25) is 0 Å². The number of carbonyl (C=O) groups is 3. The van der Waals surface area contributed by atoms with Gasteiger partial charge in [0, 0.05) is 32.6 Å². The zero-order valence-electron chi connectivity index (χ0n) is 22.1. The second kappa shape index (κ2) is 8.77. The molecule has 0 amide bonds. The van der Waals surface area contributed by atoms with Crippen molar-refractivity contribution in [1.29, 1.82) is 0 Å². The number of hydrogen-bond donors (Lipinski definition) is 1. The van der Waals surface area contributed by atoms with E-state index in [9.17, 15) is 19.6 Å². The van der Waals surface area contributed by atoms with Crippen LogP contribution in [-0.4, -0.2) is 47.1 Å². The van der Waals surface area contributed by atoms with Gasteiger partial charge in [0.2, 0.25) is 0 Å². The van der Waals surface area contributed by atoms with E-state index in [4.69, 9.17) is 14.2 Å². The number of rotatable bonds is 3. The molecule has 0 heterocycles. The summed E-state index contributed by atoms with van der Waals surface area (Å²) in [6.07, 6.45) is 3.66. The van der Waals surface area contributed by atoms with Gasteiger partial charge in [0.25, 0.3) is 0 Å². The fraction of sp³-hybridized carbons (Fsp3) is 0.852. The zero-order valence-corrected chi connectivity index (χ0v) is 22.1. The number of hydrogen-bond acceptors (Lipinski definition) is 8. The van der Waals surface area contributed by atoms with Crippen molar-refractivity contribution in [2.75, 3.05) is 0 Å². The first-order valence-electron chi connectivity index (χ1n) is 13.0. The molecule has 0 bridgehead atoms. The van der Waals surface area contributed by atoms with Gasteiger partial charge in [0.15, 0.2) is 0 Å². The Morgan fingerprint density at radius 1 is 0.886 bits per heavy atom. The van der Waals surface area contributed by atoms with Gasteiger partial charge in [0.1, 0.15) is 24.0 Å². The van der Waals surface area contributed by atoms with Crippen LogP contribution in [0.15, 0.2) is 5.16 Å². The van der Waals surface area contributed by atoms with Crippen molar-refractivity contribution >= 4 is 23.6 Å². The minimum atomic E-state index is -0.579. The SMILES string of the molecule is CC(=O)O[C@H]1C[C@@]2(C)[C@@H](C[C@@H](OC(C)=O)[C@H]3[C@@]4(C)CC[C@@H](OC(C)=O)[C@@H](C)[C@@H]4CC[C@@]32C)/C1=N/O. The fourth-order valence-corrected chi connectivity index (χ4v) is 9.26. The van der Waals surface area contributed by atoms with Gasteiger partial charge in [0.05, 0.1) is 0 Å². The number of fused-ring (bicyclic) bond motifs is 5. The van der Waals surface area contributed by atoms with Crippen LogP contribution in [0.5, 0.6) is 0 Å². The van der Waals surface area contributed by atoms with E-state index in [1.165, 1.54) is 20.8 Å². The molecular weight excluding hydrogens is 450 g/mol. The molecule has 4 aliphatic carbocycles. The normalized spacial score (nSPS) is 47.7. The molecule has 10 atom stereocenters. The molecule has 0 aromatic heterocycles. The summed E-state index contributed by atoms with van der Waals surface area (Å²) in [5.74, 6) is -0.496. The first-order valence-corrected chi connectivity index (χ1v) is 13.0. The molecule has 35 heavy (non-hydrogen) atoms. The van der Waals surface area contributed by atoms with E-state index in [2.05, 4.69) is 32.9 Å². The van der Waals surface area contributed by atoms with Crippen LogP contribution in [0.25, 0.3) is 0 Å². The van der Waals surface area contributed by atoms with Crippen LogP contribution in [0, 0.1) is 39.9 Å². The Morgan fingerprint density at radius 2 is 1.49 bits per heavy atom. The van der Waals surface area contributed by atoms with Gasteiger partial charge < -0.3 is 19.4 Å². The Kier molecular flexibility index (Phi) is 6.50. The van der Waals surface area contributed by atoms with E-state index in [0.29, 0.717) is 24.5 Å². The summed E-state index contributed by atoms with van der Waals surface area (Å²) in [5, 5.41) is 13.6. The molecule has 0 aliphatic heterocycles. The molecule has 0 aromatic rings. The highest BCUT2D eigenvalue weighted by Crippen LogP contribution is 2.73. The molecule has 4 fully saturated rings. The van der Waals surface area contributed by atoms with E-state index in [0.717, 1.165) is 25.7 Å². The van der Waals surface area contributed by atoms with Crippen molar-refractivity contribution in [3.05, 3.63) is 0 Å². The van der Waals surface area contributed by atoms with Crippen LogP contribution in [0.4, 0.5) is 0 Å². The average molecular weight is 492 g/mol. The highest BCUT2D eigenvalue weighted by Gasteiger charge is 2.72. The van der Waals surface area contributed by atoms with Crippen molar-refractivity contribution < 1.29 is 33.8 Å². The summed E-state index contributed by atoms with van der Waals surface area (Å²) in [4.78, 5) is 35.9. The first kappa shape index (κ1) is 26.0. The largest absolute Gasteiger partial charge is 0.462 e. The number of ether oxygens (including phenoxy) is 3. The standard InChI is InChI=1S/C27H41NO7/c1-14-18-8-11-26(6)24(25(18,5)10-9-20(14)33-15(2)29)21(34-16(3)30)12-19-23(28-32)22(35-17(4)31)13-27(19,26)7/h14,18-22,24,32H,8-13H2,1-7H3/b28-23-/t14-,18-,19-,20+,21+,22-,24-,25-,26-,27-/m0/s1. The molecule has 1 N–H and O–H groups in total. The van der Waals surface area contributed by atoms with Crippen molar-refractivity contribution in [1.82, 2.24) is 0 Å². The van der Waals surface area contributed by atoms with E-state index >= 15 is 0 Å². The van der Waals surface area contributed by atoms with Crippen LogP contribution in [0.3, 0.4) is 0 Å². The third-order valence-corrected chi connectivity index (χ3v) is 10.7. The Balaban J connectivity index is 1.78. The van der Waals surface area contributed by atoms with Crippen LogP contribution in [-0.2, 0) is 28.6 Å². The Morgan fingerprint density at radius 3 is 2.06 bits per heavy atom. The number of nitrogens with zero attached hydrogens (tertiary/aromatic N) is 1. The number of oxime groups is 1. The smallest absolute Gasteiger partial charge is 0.303 e. The topological polar surface area (TPSA) is 111 Å². The second-order valence-electron chi connectivity index (χ2n) is 12.3. The molecule has 8 heteroatoms. The minimum Gasteiger partial charge on any atom is -0.462 e. The highest BCUT2D eigenvalue weighted by atomic mass is 16.6. The molecule has 8 nitrogen and oxygen atoms in total. The summed E-state index contributed by atoms with van der Waals surface area (Å²) >= 11 is 0. The lowest BCUT2D eigenvalue weighted by atomic mass is 9.36. The maximum Gasteiger partial charge on any atom is 0.303 e. The first-order chi connectivity index (χ1) is 16.3. The highest BCUT2D eigenvalue weighted by molar-refractivity contribution is 5.95. The molecule has 0 aromatic carbocycles. The van der Waals surface area contributed by atoms with E-state index in [1.807, 2.05) is 0 Å². The fourth-order valence-electron chi connectivity index (χ4n) is 9.26. The Hall–Kier alpha value is -2.12. The number of carbonyl (C=O) groups excluding carboxylic acids is 3. The minimum absolute atomic E-state index is 0.0793. The summed E-state index contributed by atoms with van der Waals surface area (Å²) < 4.78 is 17.4. The molecule has 4 aliphatic rings. The van der Waals surface area contributed by atoms with Gasteiger partial charge in [-0.3, -0.25) is 14.4 Å². The second-order valence-corrected chi connectivity index (χ2v) is 12.3. The van der Waals surface area contributed by atoms with Crippen LogP contribution in [0.1, 0.15) is 87.0 Å². The Bertz CT molecular complexity index is 932. The third-order valence-electron chi connectivity index (χ3n) is 10.7. The lowest BCUT2D eigenvalue weighted by molar-refractivity contribution is -0.241. The van der Waals surface area contributed by atoms with E-state index < -0.39 is 12.1 Å². The van der Waals surface area contributed by atoms with Crippen LogP contribution < -0.4 is 0 Å². The van der Waals surface area contributed by atoms with Gasteiger partial charge in [-0.25, -0.2) is 0 Å². The summed E-state index contributed by atoms with van der Waals surface area (Å²) in [6, 6.07) is 0. The lowest BCUT2D eigenvalue weighted by Crippen LogP contribution is -2.66. The van der Waals surface area contributed by atoms with Gasteiger partial charge in [-0.15, -0.1) is 0 Å². The van der Waals surface area contributed by atoms with Crippen molar-refractivity contribution in [2.24, 2.45) is 45.1 Å². The van der Waals surface area contributed by atoms with Gasteiger partial charge in [-0.05, 0) is 66.6 Å². The molecule has 4 rings (SSSR count). The maximum atomic E-state index is 12.3. The quantitative estimate of drug-likeness (QED) is 0.268. The van der Waals surface area contributed by atoms with Crippen molar-refractivity contribution in [3.63, 3.8) is 0 Å². The predicted octanol–water partition coefficient (Wildman–Crippen LogP) is 4.51. The van der Waals surface area contributed by atoms with Gasteiger partial charge >= 0.3 is 17.9 Å². The van der Waals surface area contributed by atoms with Crippen molar-refractivity contribution in [3.8, 4) is 0 Å². The zero-order chi connectivity index (χ0) is 25.9. The Labute approximate surface area is 208 Å². The van der Waals surface area contributed by atoms with Gasteiger partial charge in [-0.1, -0.05) is 32.9 Å².